The van der Waals surface area contributed by atoms with Gasteiger partial charge in [0.15, 0.2) is 0 Å². The van der Waals surface area contributed by atoms with Gasteiger partial charge in [0.2, 0.25) is 0 Å². The van der Waals surface area contributed by atoms with Gasteiger partial charge in [-0.3, -0.25) is 0 Å². The molecule has 2 N–H and O–H groups in total. The van der Waals surface area contributed by atoms with Crippen molar-refractivity contribution >= 4 is 5.82 Å². The second-order valence-electron chi connectivity index (χ2n) is 2.91. The van der Waals surface area contributed by atoms with Crippen molar-refractivity contribution in [1.29, 1.82) is 0 Å². The summed E-state index contributed by atoms with van der Waals surface area (Å²) in [5.41, 5.74) is 0.921. The molecule has 0 aliphatic carbocycles. The maximum atomic E-state index is 9.11. The third-order valence-corrected chi connectivity index (χ3v) is 1.96. The van der Waals surface area contributed by atoms with E-state index in [0.29, 0.717) is 0 Å². The van der Waals surface area contributed by atoms with E-state index >= 15 is 0 Å². The van der Waals surface area contributed by atoms with Gasteiger partial charge in [0, 0.05) is 19.3 Å². The molecule has 4 heteroatoms. The van der Waals surface area contributed by atoms with E-state index in [1.807, 2.05) is 31.4 Å². The van der Waals surface area contributed by atoms with E-state index in [9.17, 15) is 0 Å². The third-order valence-electron chi connectivity index (χ3n) is 1.96. The molecule has 0 bridgehead atoms. The molecule has 0 atom stereocenters. The monoisotopic (exact) mass is 189 g/mol. The quantitative estimate of drug-likeness (QED) is 0.754. The van der Waals surface area contributed by atoms with Crippen molar-refractivity contribution in [2.75, 3.05) is 12.4 Å². The summed E-state index contributed by atoms with van der Waals surface area (Å²) in [6.45, 7) is 0. The second-order valence-corrected chi connectivity index (χ2v) is 2.91. The zero-order valence-corrected chi connectivity index (χ0v) is 7.81. The number of aromatic hydroxyl groups is 1. The van der Waals surface area contributed by atoms with Gasteiger partial charge in [-0.2, -0.15) is 5.10 Å². The number of aromatic nitrogens is 2. The number of nitrogens with one attached hydrogen (secondary N) is 1. The first-order chi connectivity index (χ1) is 6.79. The number of rotatable bonds is 2. The molecule has 0 aliphatic rings. The molecule has 14 heavy (non-hydrogen) atoms. The Kier molecular flexibility index (Phi) is 2.10. The number of hydrogen-bond donors (Lipinski definition) is 2. The highest BCUT2D eigenvalue weighted by Crippen LogP contribution is 2.14. The molecule has 0 radical (unpaired) electrons. The fourth-order valence-electron chi connectivity index (χ4n) is 1.21. The van der Waals surface area contributed by atoms with Crippen LogP contribution in [-0.4, -0.2) is 21.9 Å². The van der Waals surface area contributed by atoms with E-state index in [1.165, 1.54) is 0 Å². The Morgan fingerprint density at radius 3 is 2.50 bits per heavy atom. The SMILES string of the molecule is CNc1ccn(-c2ccc(O)cc2)n1. The number of phenolic OH excluding ortho intramolecular Hbond substituents is 1. The Labute approximate surface area is 81.8 Å². The molecular formula is C10H11N3O. The van der Waals surface area contributed by atoms with Crippen molar-refractivity contribution in [3.63, 3.8) is 0 Å². The van der Waals surface area contributed by atoms with Crippen LogP contribution in [0.5, 0.6) is 5.75 Å². The largest absolute Gasteiger partial charge is 0.508 e. The zero-order chi connectivity index (χ0) is 9.97. The minimum absolute atomic E-state index is 0.259. The number of phenols is 1. The smallest absolute Gasteiger partial charge is 0.148 e. The van der Waals surface area contributed by atoms with Crippen molar-refractivity contribution in [3.05, 3.63) is 36.5 Å². The van der Waals surface area contributed by atoms with Crippen molar-refractivity contribution in [3.8, 4) is 11.4 Å². The summed E-state index contributed by atoms with van der Waals surface area (Å²) in [6.07, 6.45) is 1.86. The predicted molar refractivity (Wildman–Crippen MR) is 54.8 cm³/mol. The Bertz CT molecular complexity index is 419. The lowest BCUT2D eigenvalue weighted by Gasteiger charge is -2.00. The van der Waals surface area contributed by atoms with Gasteiger partial charge in [-0.25, -0.2) is 4.68 Å². The topological polar surface area (TPSA) is 50.1 Å². The van der Waals surface area contributed by atoms with E-state index in [1.54, 1.807) is 16.8 Å². The maximum Gasteiger partial charge on any atom is 0.148 e. The molecular weight excluding hydrogens is 178 g/mol. The minimum Gasteiger partial charge on any atom is -0.508 e. The van der Waals surface area contributed by atoms with E-state index in [4.69, 9.17) is 5.11 Å². The standard InChI is InChI=1S/C10H11N3O/c1-11-10-6-7-13(12-10)8-2-4-9(14)5-3-8/h2-7,14H,1H3,(H,11,12). The fraction of sp³-hybridized carbons (Fsp3) is 0.100. The second kappa shape index (κ2) is 3.41. The van der Waals surface area contributed by atoms with Crippen molar-refractivity contribution in [2.45, 2.75) is 0 Å². The van der Waals surface area contributed by atoms with E-state index < -0.39 is 0 Å². The third kappa shape index (κ3) is 1.54. The molecule has 0 spiro atoms. The molecule has 0 aliphatic heterocycles. The molecule has 2 aromatic rings. The lowest BCUT2D eigenvalue weighted by Crippen LogP contribution is -1.95. The molecule has 0 unspecified atom stereocenters. The molecule has 0 saturated heterocycles. The van der Waals surface area contributed by atoms with Crippen LogP contribution in [0.2, 0.25) is 0 Å². The van der Waals surface area contributed by atoms with Crippen LogP contribution in [0.3, 0.4) is 0 Å². The van der Waals surface area contributed by atoms with Gasteiger partial charge >= 0.3 is 0 Å². The summed E-state index contributed by atoms with van der Waals surface area (Å²) >= 11 is 0. The Balaban J connectivity index is 2.34. The molecule has 1 heterocycles. The first-order valence-electron chi connectivity index (χ1n) is 4.32. The van der Waals surface area contributed by atoms with Crippen LogP contribution in [0, 0.1) is 0 Å². The highest BCUT2D eigenvalue weighted by Gasteiger charge is 1.98. The average Bonchev–Trinajstić information content (AvgIpc) is 2.67. The molecule has 1 aromatic heterocycles. The van der Waals surface area contributed by atoms with Gasteiger partial charge in [0.05, 0.1) is 5.69 Å². The van der Waals surface area contributed by atoms with Crippen LogP contribution in [0.1, 0.15) is 0 Å². The van der Waals surface area contributed by atoms with Gasteiger partial charge in [0.1, 0.15) is 11.6 Å². The summed E-state index contributed by atoms with van der Waals surface area (Å²) in [6, 6.07) is 8.77. The van der Waals surface area contributed by atoms with Gasteiger partial charge < -0.3 is 10.4 Å². The van der Waals surface area contributed by atoms with Crippen molar-refractivity contribution in [1.82, 2.24) is 9.78 Å². The highest BCUT2D eigenvalue weighted by molar-refractivity contribution is 5.39. The molecule has 72 valence electrons. The Hall–Kier alpha value is -1.97. The first-order valence-corrected chi connectivity index (χ1v) is 4.32. The summed E-state index contributed by atoms with van der Waals surface area (Å²) < 4.78 is 1.74. The molecule has 0 amide bonds. The first kappa shape index (κ1) is 8.62. The van der Waals surface area contributed by atoms with Gasteiger partial charge in [-0.15, -0.1) is 0 Å². The summed E-state index contributed by atoms with van der Waals surface area (Å²) in [5.74, 6) is 1.08. The van der Waals surface area contributed by atoms with Crippen LogP contribution in [0.15, 0.2) is 36.5 Å². The predicted octanol–water partition coefficient (Wildman–Crippen LogP) is 1.62. The normalized spacial score (nSPS) is 10.1. The van der Waals surface area contributed by atoms with E-state index in [2.05, 4.69) is 10.4 Å². The molecule has 4 nitrogen and oxygen atoms in total. The van der Waals surface area contributed by atoms with Crippen LogP contribution >= 0.6 is 0 Å². The number of nitrogens with zero attached hydrogens (tertiary/aromatic N) is 2. The summed E-state index contributed by atoms with van der Waals surface area (Å²) in [5, 5.41) is 16.3. The van der Waals surface area contributed by atoms with Crippen LogP contribution < -0.4 is 5.32 Å². The molecule has 1 aromatic carbocycles. The summed E-state index contributed by atoms with van der Waals surface area (Å²) in [7, 11) is 1.82. The molecule has 2 rings (SSSR count). The lowest BCUT2D eigenvalue weighted by atomic mass is 10.3. The van der Waals surface area contributed by atoms with Gasteiger partial charge in [-0.1, -0.05) is 0 Å². The summed E-state index contributed by atoms with van der Waals surface area (Å²) in [4.78, 5) is 0. The lowest BCUT2D eigenvalue weighted by molar-refractivity contribution is 0.475. The number of benzene rings is 1. The number of anilines is 1. The van der Waals surface area contributed by atoms with Crippen molar-refractivity contribution in [2.24, 2.45) is 0 Å². The van der Waals surface area contributed by atoms with Gasteiger partial charge in [0.25, 0.3) is 0 Å². The highest BCUT2D eigenvalue weighted by atomic mass is 16.3. The maximum absolute atomic E-state index is 9.11. The molecule has 0 fully saturated rings. The molecule has 0 saturated carbocycles. The Morgan fingerprint density at radius 1 is 1.21 bits per heavy atom. The zero-order valence-electron chi connectivity index (χ0n) is 7.81. The minimum atomic E-state index is 0.259. The van der Waals surface area contributed by atoms with Crippen LogP contribution in [0.4, 0.5) is 5.82 Å². The van der Waals surface area contributed by atoms with Crippen LogP contribution in [-0.2, 0) is 0 Å². The van der Waals surface area contributed by atoms with Crippen LogP contribution in [0.25, 0.3) is 5.69 Å². The Morgan fingerprint density at radius 2 is 1.93 bits per heavy atom. The number of hydrogen-bond acceptors (Lipinski definition) is 3. The fourth-order valence-corrected chi connectivity index (χ4v) is 1.21. The van der Waals surface area contributed by atoms with Gasteiger partial charge in [-0.05, 0) is 24.3 Å². The average molecular weight is 189 g/mol. The van der Waals surface area contributed by atoms with E-state index in [-0.39, 0.29) is 5.75 Å². The van der Waals surface area contributed by atoms with Crippen molar-refractivity contribution < 1.29 is 5.11 Å². The van der Waals surface area contributed by atoms with E-state index in [0.717, 1.165) is 11.5 Å².